The maximum absolute atomic E-state index is 12.6. The van der Waals surface area contributed by atoms with Crippen LogP contribution in [0.15, 0.2) is 41.0 Å². The van der Waals surface area contributed by atoms with Crippen molar-refractivity contribution in [2.75, 3.05) is 19.6 Å². The van der Waals surface area contributed by atoms with Crippen molar-refractivity contribution in [2.45, 2.75) is 39.2 Å². The van der Waals surface area contributed by atoms with Crippen LogP contribution in [0.25, 0.3) is 0 Å². The Hall–Kier alpha value is -2.07. The molecule has 1 amide bonds. The molecule has 0 aliphatic carbocycles. The quantitative estimate of drug-likeness (QED) is 0.907. The molecule has 1 N–H and O–H groups in total. The molecule has 1 fully saturated rings. The van der Waals surface area contributed by atoms with Crippen LogP contribution in [0.2, 0.25) is 0 Å². The molecule has 4 nitrogen and oxygen atoms in total. The molecule has 128 valence electrons. The number of hydrogen-bond acceptors (Lipinski definition) is 3. The topological polar surface area (TPSA) is 45.5 Å². The van der Waals surface area contributed by atoms with E-state index in [1.165, 1.54) is 24.8 Å². The number of benzene rings is 1. The summed E-state index contributed by atoms with van der Waals surface area (Å²) in [6.45, 7) is 6.71. The largest absolute Gasteiger partial charge is 0.468 e. The van der Waals surface area contributed by atoms with E-state index in [0.29, 0.717) is 6.54 Å². The summed E-state index contributed by atoms with van der Waals surface area (Å²) in [5.74, 6) is 0.916. The van der Waals surface area contributed by atoms with Gasteiger partial charge in [0.05, 0.1) is 12.3 Å². The number of nitrogens with one attached hydrogen (secondary N) is 1. The first-order chi connectivity index (χ1) is 11.6. The van der Waals surface area contributed by atoms with Gasteiger partial charge in [-0.2, -0.15) is 0 Å². The molecular formula is C20H26N2O2. The third-order valence-electron chi connectivity index (χ3n) is 4.79. The minimum absolute atomic E-state index is 0.0129. The Balaban J connectivity index is 1.70. The van der Waals surface area contributed by atoms with Crippen molar-refractivity contribution < 1.29 is 9.21 Å². The van der Waals surface area contributed by atoms with Crippen molar-refractivity contribution in [1.82, 2.24) is 10.2 Å². The third-order valence-corrected chi connectivity index (χ3v) is 4.79. The maximum Gasteiger partial charge on any atom is 0.251 e. The van der Waals surface area contributed by atoms with Crippen LogP contribution < -0.4 is 5.32 Å². The van der Waals surface area contributed by atoms with E-state index in [9.17, 15) is 4.79 Å². The first kappa shape index (κ1) is 16.8. The summed E-state index contributed by atoms with van der Waals surface area (Å²) < 4.78 is 5.63. The number of nitrogens with zero attached hydrogens (tertiary/aromatic N) is 1. The second kappa shape index (κ2) is 7.67. The number of aryl methyl sites for hydroxylation is 2. The van der Waals surface area contributed by atoms with Crippen molar-refractivity contribution in [1.29, 1.82) is 0 Å². The minimum Gasteiger partial charge on any atom is -0.468 e. The smallest absolute Gasteiger partial charge is 0.251 e. The van der Waals surface area contributed by atoms with Crippen LogP contribution in [-0.4, -0.2) is 30.4 Å². The van der Waals surface area contributed by atoms with E-state index in [1.54, 1.807) is 6.26 Å². The number of likely N-dealkylation sites (tertiary alicyclic amines) is 1. The van der Waals surface area contributed by atoms with Crippen LogP contribution in [-0.2, 0) is 0 Å². The van der Waals surface area contributed by atoms with Crippen molar-refractivity contribution in [3.05, 3.63) is 59.0 Å². The molecule has 1 unspecified atom stereocenters. The number of rotatable bonds is 5. The van der Waals surface area contributed by atoms with E-state index in [4.69, 9.17) is 4.42 Å². The van der Waals surface area contributed by atoms with E-state index in [-0.39, 0.29) is 11.9 Å². The fourth-order valence-electron chi connectivity index (χ4n) is 3.47. The molecule has 1 saturated heterocycles. The molecule has 2 heterocycles. The van der Waals surface area contributed by atoms with E-state index < -0.39 is 0 Å². The summed E-state index contributed by atoms with van der Waals surface area (Å²) in [6, 6.07) is 9.96. The first-order valence-corrected chi connectivity index (χ1v) is 8.78. The van der Waals surface area contributed by atoms with Gasteiger partial charge in [-0.25, -0.2) is 0 Å². The molecule has 1 atom stereocenters. The zero-order chi connectivity index (χ0) is 16.9. The summed E-state index contributed by atoms with van der Waals surface area (Å²) in [5.41, 5.74) is 2.93. The van der Waals surface area contributed by atoms with Crippen LogP contribution in [0.4, 0.5) is 0 Å². The van der Waals surface area contributed by atoms with E-state index >= 15 is 0 Å². The molecule has 1 aromatic carbocycles. The lowest BCUT2D eigenvalue weighted by Crippen LogP contribution is -2.40. The zero-order valence-electron chi connectivity index (χ0n) is 14.5. The Morgan fingerprint density at radius 2 is 2.00 bits per heavy atom. The highest BCUT2D eigenvalue weighted by Gasteiger charge is 2.25. The van der Waals surface area contributed by atoms with Gasteiger partial charge >= 0.3 is 0 Å². The number of furan rings is 1. The summed E-state index contributed by atoms with van der Waals surface area (Å²) in [7, 11) is 0. The molecule has 1 aliphatic rings. The molecule has 4 heteroatoms. The lowest BCUT2D eigenvalue weighted by Gasteiger charge is -2.33. The highest BCUT2D eigenvalue weighted by molar-refractivity contribution is 5.95. The first-order valence-electron chi connectivity index (χ1n) is 8.78. The standard InChI is InChI=1S/C20H26N2O2/c1-15-8-9-17(16(2)13-15)20(23)21-14-18(19-7-6-12-24-19)22-10-4-3-5-11-22/h6-9,12-13,18H,3-5,10-11,14H2,1-2H3,(H,21,23). The van der Waals surface area contributed by atoms with Gasteiger partial charge in [0.25, 0.3) is 5.91 Å². The van der Waals surface area contributed by atoms with E-state index in [0.717, 1.165) is 30.0 Å². The SMILES string of the molecule is Cc1ccc(C(=O)NCC(c2ccco2)N2CCCCC2)c(C)c1. The molecule has 0 spiro atoms. The number of piperidine rings is 1. The van der Waals surface area contributed by atoms with Gasteiger partial charge < -0.3 is 9.73 Å². The van der Waals surface area contributed by atoms with Gasteiger partial charge in [-0.05, 0) is 63.5 Å². The van der Waals surface area contributed by atoms with Crippen LogP contribution in [0.5, 0.6) is 0 Å². The highest BCUT2D eigenvalue weighted by atomic mass is 16.3. The third kappa shape index (κ3) is 3.88. The maximum atomic E-state index is 12.6. The minimum atomic E-state index is -0.0129. The van der Waals surface area contributed by atoms with Gasteiger partial charge in [-0.3, -0.25) is 9.69 Å². The Morgan fingerprint density at radius 1 is 1.21 bits per heavy atom. The van der Waals surface area contributed by atoms with Gasteiger partial charge in [0, 0.05) is 12.1 Å². The van der Waals surface area contributed by atoms with E-state index in [2.05, 4.69) is 10.2 Å². The number of amides is 1. The van der Waals surface area contributed by atoms with Crippen molar-refractivity contribution in [3.8, 4) is 0 Å². The number of carbonyl (C=O) groups is 1. The van der Waals surface area contributed by atoms with Crippen molar-refractivity contribution in [2.24, 2.45) is 0 Å². The van der Waals surface area contributed by atoms with Crippen LogP contribution in [0, 0.1) is 13.8 Å². The summed E-state index contributed by atoms with van der Waals surface area (Å²) in [6.07, 6.45) is 5.42. The summed E-state index contributed by atoms with van der Waals surface area (Å²) in [4.78, 5) is 15.0. The highest BCUT2D eigenvalue weighted by Crippen LogP contribution is 2.24. The van der Waals surface area contributed by atoms with Gasteiger partial charge in [0.15, 0.2) is 0 Å². The summed E-state index contributed by atoms with van der Waals surface area (Å²) in [5, 5.41) is 3.10. The molecule has 1 aliphatic heterocycles. The normalized spacial score (nSPS) is 16.8. The molecule has 1 aromatic heterocycles. The second-order valence-corrected chi connectivity index (χ2v) is 6.66. The Morgan fingerprint density at radius 3 is 2.67 bits per heavy atom. The average molecular weight is 326 g/mol. The second-order valence-electron chi connectivity index (χ2n) is 6.66. The van der Waals surface area contributed by atoms with Crippen LogP contribution in [0.3, 0.4) is 0 Å². The fraction of sp³-hybridized carbons (Fsp3) is 0.450. The number of hydrogen-bond donors (Lipinski definition) is 1. The van der Waals surface area contributed by atoms with Gasteiger partial charge in [0.2, 0.25) is 0 Å². The molecule has 2 aromatic rings. The van der Waals surface area contributed by atoms with Crippen molar-refractivity contribution in [3.63, 3.8) is 0 Å². The summed E-state index contributed by atoms with van der Waals surface area (Å²) >= 11 is 0. The molecule has 3 rings (SSSR count). The Kier molecular flexibility index (Phi) is 5.36. The Bertz CT molecular complexity index is 673. The lowest BCUT2D eigenvalue weighted by atomic mass is 10.0. The zero-order valence-corrected chi connectivity index (χ0v) is 14.5. The molecular weight excluding hydrogens is 300 g/mol. The predicted molar refractivity (Wildman–Crippen MR) is 95.1 cm³/mol. The van der Waals surface area contributed by atoms with Crippen molar-refractivity contribution >= 4 is 5.91 Å². The average Bonchev–Trinajstić information content (AvgIpc) is 3.10. The molecule has 24 heavy (non-hydrogen) atoms. The molecule has 0 bridgehead atoms. The van der Waals surface area contributed by atoms with Gasteiger partial charge in [-0.15, -0.1) is 0 Å². The van der Waals surface area contributed by atoms with Crippen LogP contribution in [0.1, 0.15) is 52.5 Å². The monoisotopic (exact) mass is 326 g/mol. The molecule has 0 radical (unpaired) electrons. The molecule has 0 saturated carbocycles. The van der Waals surface area contributed by atoms with Crippen LogP contribution >= 0.6 is 0 Å². The number of carbonyl (C=O) groups excluding carboxylic acids is 1. The van der Waals surface area contributed by atoms with E-state index in [1.807, 2.05) is 44.2 Å². The fourth-order valence-corrected chi connectivity index (χ4v) is 3.47. The Labute approximate surface area is 143 Å². The lowest BCUT2D eigenvalue weighted by molar-refractivity contribution is 0.0913. The predicted octanol–water partition coefficient (Wildman–Crippen LogP) is 3.85. The van der Waals surface area contributed by atoms with Gasteiger partial charge in [-0.1, -0.05) is 24.1 Å². The van der Waals surface area contributed by atoms with Gasteiger partial charge in [0.1, 0.15) is 5.76 Å².